The number of thioether (sulfide) groups is 1. The molecule has 0 radical (unpaired) electrons. The van der Waals surface area contributed by atoms with Crippen LogP contribution in [0.1, 0.15) is 28.4 Å². The fraction of sp³-hybridized carbons (Fsp3) is 0.231. The smallest absolute Gasteiger partial charge is 0.253 e. The Balaban J connectivity index is 1.31. The first-order valence-electron chi connectivity index (χ1n) is 11.3. The second-order valence-corrected chi connectivity index (χ2v) is 9.30. The number of aryl methyl sites for hydroxylation is 2. The molecule has 1 atom stereocenters. The molecule has 0 bridgehead atoms. The third-order valence-electron chi connectivity index (χ3n) is 5.95. The van der Waals surface area contributed by atoms with Crippen LogP contribution >= 0.6 is 11.8 Å². The molecule has 2 N–H and O–H groups in total. The van der Waals surface area contributed by atoms with E-state index in [4.69, 9.17) is 4.74 Å². The molecule has 3 heterocycles. The molecule has 3 aromatic heterocycles. The molecule has 8 nitrogen and oxygen atoms in total. The van der Waals surface area contributed by atoms with Crippen LogP contribution in [0.4, 0.5) is 0 Å². The lowest BCUT2D eigenvalue weighted by Crippen LogP contribution is -2.30. The van der Waals surface area contributed by atoms with E-state index in [1.54, 1.807) is 11.6 Å². The largest absolute Gasteiger partial charge is 0.497 e. The predicted octanol–water partition coefficient (Wildman–Crippen LogP) is 4.27. The Bertz CT molecular complexity index is 1490. The van der Waals surface area contributed by atoms with E-state index in [-0.39, 0.29) is 17.6 Å². The number of carbonyl (C=O) groups excluding carboxylic acids is 1. The molecule has 0 fully saturated rings. The van der Waals surface area contributed by atoms with Crippen molar-refractivity contribution in [1.29, 1.82) is 0 Å². The maximum absolute atomic E-state index is 12.8. The fourth-order valence-electron chi connectivity index (χ4n) is 4.23. The molecule has 0 unspecified atom stereocenters. The van der Waals surface area contributed by atoms with Gasteiger partial charge in [-0.15, -0.1) is 5.10 Å². The average Bonchev–Trinajstić information content (AvgIpc) is 3.48. The van der Waals surface area contributed by atoms with E-state index in [0.717, 1.165) is 39.2 Å². The van der Waals surface area contributed by atoms with Crippen LogP contribution in [0.3, 0.4) is 0 Å². The topological polar surface area (TPSA) is 97.2 Å². The van der Waals surface area contributed by atoms with Crippen LogP contribution in [0.5, 0.6) is 5.75 Å². The Morgan fingerprint density at radius 3 is 2.74 bits per heavy atom. The van der Waals surface area contributed by atoms with Crippen molar-refractivity contribution in [1.82, 2.24) is 29.9 Å². The lowest BCUT2D eigenvalue weighted by molar-refractivity contribution is -0.118. The third-order valence-corrected chi connectivity index (χ3v) is 6.79. The summed E-state index contributed by atoms with van der Waals surface area (Å²) in [6, 6.07) is 18.1. The predicted molar refractivity (Wildman–Crippen MR) is 137 cm³/mol. The monoisotopic (exact) mass is 486 g/mol. The van der Waals surface area contributed by atoms with E-state index < -0.39 is 0 Å². The van der Waals surface area contributed by atoms with Crippen LogP contribution in [0.15, 0.2) is 66.0 Å². The Morgan fingerprint density at radius 2 is 1.94 bits per heavy atom. The maximum Gasteiger partial charge on any atom is 0.253 e. The first kappa shape index (κ1) is 22.9. The number of ether oxygens (including phenoxy) is 1. The Kier molecular flexibility index (Phi) is 6.41. The molecule has 1 amide bonds. The number of H-pyrrole nitrogens is 1. The van der Waals surface area contributed by atoms with Crippen LogP contribution in [-0.4, -0.2) is 49.9 Å². The van der Waals surface area contributed by atoms with Gasteiger partial charge in [0.2, 0.25) is 11.1 Å². The SMILES string of the molecule is COc1ccc([C@@H](CNC(=O)CSc2nc3nc(C)cc(C)n3n2)c2c[nH]c3ccccc23)cc1. The molecule has 9 heteroatoms. The molecule has 0 aliphatic carbocycles. The summed E-state index contributed by atoms with van der Waals surface area (Å²) in [6.07, 6.45) is 2.03. The highest BCUT2D eigenvalue weighted by Gasteiger charge is 2.20. The Hall–Kier alpha value is -3.85. The summed E-state index contributed by atoms with van der Waals surface area (Å²) in [4.78, 5) is 25.0. The third kappa shape index (κ3) is 4.85. The molecule has 0 aliphatic heterocycles. The molecule has 178 valence electrons. The van der Waals surface area contributed by atoms with E-state index in [2.05, 4.69) is 37.5 Å². The van der Waals surface area contributed by atoms with Crippen molar-refractivity contribution in [3.63, 3.8) is 0 Å². The standard InChI is InChI=1S/C26H26N6O2S/c1-16-12-17(2)32-25(29-16)30-26(31-32)35-15-24(33)28-13-21(18-8-10-19(34-3)11-9-18)22-14-27-23-7-5-4-6-20(22)23/h4-12,14,21,27H,13,15H2,1-3H3,(H,28,33)/t21-/m1/s1. The highest BCUT2D eigenvalue weighted by Crippen LogP contribution is 2.31. The van der Waals surface area contributed by atoms with Gasteiger partial charge in [-0.05, 0) is 49.2 Å². The van der Waals surface area contributed by atoms with E-state index in [1.807, 2.05) is 62.5 Å². The molecule has 2 aromatic carbocycles. The minimum atomic E-state index is -0.0759. The van der Waals surface area contributed by atoms with Crippen LogP contribution in [0.25, 0.3) is 16.7 Å². The molecule has 5 rings (SSSR count). The number of amides is 1. The molecule has 0 spiro atoms. The summed E-state index contributed by atoms with van der Waals surface area (Å²) in [7, 11) is 1.65. The van der Waals surface area contributed by atoms with Crippen molar-refractivity contribution in [3.05, 3.63) is 83.3 Å². The van der Waals surface area contributed by atoms with Gasteiger partial charge in [0.1, 0.15) is 5.75 Å². The number of fused-ring (bicyclic) bond motifs is 2. The van der Waals surface area contributed by atoms with Gasteiger partial charge in [0.15, 0.2) is 0 Å². The summed E-state index contributed by atoms with van der Waals surface area (Å²) in [5.74, 6) is 1.47. The van der Waals surface area contributed by atoms with Gasteiger partial charge >= 0.3 is 0 Å². The van der Waals surface area contributed by atoms with Crippen LogP contribution in [0, 0.1) is 13.8 Å². The second-order valence-electron chi connectivity index (χ2n) is 8.35. The highest BCUT2D eigenvalue weighted by molar-refractivity contribution is 7.99. The van der Waals surface area contributed by atoms with E-state index in [9.17, 15) is 4.79 Å². The Labute approximate surface area is 207 Å². The minimum absolute atomic E-state index is 0.0193. The summed E-state index contributed by atoms with van der Waals surface area (Å²) >= 11 is 1.30. The summed E-state index contributed by atoms with van der Waals surface area (Å²) in [5.41, 5.74) is 5.15. The van der Waals surface area contributed by atoms with Gasteiger partial charge in [0.25, 0.3) is 5.78 Å². The van der Waals surface area contributed by atoms with Crippen molar-refractivity contribution in [2.24, 2.45) is 0 Å². The highest BCUT2D eigenvalue weighted by atomic mass is 32.2. The zero-order valence-corrected chi connectivity index (χ0v) is 20.6. The number of rotatable bonds is 8. The molecule has 35 heavy (non-hydrogen) atoms. The number of para-hydroxylation sites is 1. The first-order chi connectivity index (χ1) is 17.0. The molecular formula is C26H26N6O2S. The number of nitrogens with one attached hydrogen (secondary N) is 2. The number of carbonyl (C=O) groups is 1. The molecule has 0 aliphatic rings. The number of benzene rings is 2. The lowest BCUT2D eigenvalue weighted by Gasteiger charge is -2.18. The zero-order valence-electron chi connectivity index (χ0n) is 19.8. The van der Waals surface area contributed by atoms with Gasteiger partial charge in [-0.25, -0.2) is 9.50 Å². The number of hydrogen-bond acceptors (Lipinski definition) is 6. The number of methoxy groups -OCH3 is 1. The normalized spacial score (nSPS) is 12.2. The van der Waals surface area contributed by atoms with Gasteiger partial charge in [0, 0.05) is 41.0 Å². The van der Waals surface area contributed by atoms with E-state index >= 15 is 0 Å². The van der Waals surface area contributed by atoms with Gasteiger partial charge in [0.05, 0.1) is 12.9 Å². The second kappa shape index (κ2) is 9.79. The minimum Gasteiger partial charge on any atom is -0.497 e. The van der Waals surface area contributed by atoms with Gasteiger partial charge in [-0.2, -0.15) is 4.98 Å². The molecule has 0 saturated carbocycles. The fourth-order valence-corrected chi connectivity index (χ4v) is 4.88. The number of nitrogens with zero attached hydrogens (tertiary/aromatic N) is 4. The molecule has 0 saturated heterocycles. The van der Waals surface area contributed by atoms with Crippen LogP contribution in [-0.2, 0) is 4.79 Å². The summed E-state index contributed by atoms with van der Waals surface area (Å²) in [6.45, 7) is 4.35. The summed E-state index contributed by atoms with van der Waals surface area (Å²) < 4.78 is 7.02. The average molecular weight is 487 g/mol. The quantitative estimate of drug-likeness (QED) is 0.318. The van der Waals surface area contributed by atoms with E-state index in [1.165, 1.54) is 11.8 Å². The van der Waals surface area contributed by atoms with Crippen LogP contribution in [0.2, 0.25) is 0 Å². The number of aromatic nitrogens is 5. The molecular weight excluding hydrogens is 460 g/mol. The Morgan fingerprint density at radius 1 is 1.14 bits per heavy atom. The molecule has 5 aromatic rings. The number of aromatic amines is 1. The van der Waals surface area contributed by atoms with Gasteiger partial charge in [-0.1, -0.05) is 42.1 Å². The maximum atomic E-state index is 12.8. The van der Waals surface area contributed by atoms with Crippen molar-refractivity contribution in [3.8, 4) is 5.75 Å². The zero-order chi connectivity index (χ0) is 24.4. The van der Waals surface area contributed by atoms with Crippen LogP contribution < -0.4 is 10.1 Å². The lowest BCUT2D eigenvalue weighted by atomic mass is 9.91. The van der Waals surface area contributed by atoms with Gasteiger partial charge in [-0.3, -0.25) is 4.79 Å². The van der Waals surface area contributed by atoms with Crippen molar-refractivity contribution in [2.75, 3.05) is 19.4 Å². The van der Waals surface area contributed by atoms with E-state index in [0.29, 0.717) is 17.5 Å². The first-order valence-corrected chi connectivity index (χ1v) is 12.3. The number of hydrogen-bond donors (Lipinski definition) is 2. The van der Waals surface area contributed by atoms with Crippen molar-refractivity contribution < 1.29 is 9.53 Å². The summed E-state index contributed by atoms with van der Waals surface area (Å²) in [5, 5.41) is 9.25. The van der Waals surface area contributed by atoms with Gasteiger partial charge < -0.3 is 15.0 Å². The van der Waals surface area contributed by atoms with Crippen molar-refractivity contribution in [2.45, 2.75) is 24.9 Å². The van der Waals surface area contributed by atoms with Crippen molar-refractivity contribution >= 4 is 34.3 Å².